The number of hydrogen-bond acceptors (Lipinski definition) is 2. The fourth-order valence-electron chi connectivity index (χ4n) is 2.40. The van der Waals surface area contributed by atoms with Gasteiger partial charge in [0.15, 0.2) is 0 Å². The van der Waals surface area contributed by atoms with E-state index in [1.807, 2.05) is 4.90 Å². The van der Waals surface area contributed by atoms with Crippen molar-refractivity contribution < 1.29 is 9.53 Å². The van der Waals surface area contributed by atoms with E-state index >= 15 is 0 Å². The molecule has 0 aromatic heterocycles. The summed E-state index contributed by atoms with van der Waals surface area (Å²) in [6.45, 7) is 2.62. The highest BCUT2D eigenvalue weighted by Gasteiger charge is 2.32. The molecule has 86 valence electrons. The van der Waals surface area contributed by atoms with E-state index in [0.29, 0.717) is 5.92 Å². The van der Waals surface area contributed by atoms with Crippen LogP contribution in [0.15, 0.2) is 0 Å². The summed E-state index contributed by atoms with van der Waals surface area (Å²) in [5, 5.41) is 1.04. The third-order valence-corrected chi connectivity index (χ3v) is 3.78. The zero-order valence-electron chi connectivity index (χ0n) is 8.95. The molecular formula is C11H18BrNO2. The number of rotatable bonds is 3. The summed E-state index contributed by atoms with van der Waals surface area (Å²) in [6, 6.07) is 0. The van der Waals surface area contributed by atoms with Crippen molar-refractivity contribution >= 4 is 21.8 Å². The number of carbonyl (C=O) groups excluding carboxylic acids is 1. The maximum absolute atomic E-state index is 12.0. The monoisotopic (exact) mass is 275 g/mol. The number of carbonyl (C=O) groups is 1. The molecule has 2 saturated heterocycles. The molecule has 2 aliphatic heterocycles. The van der Waals surface area contributed by atoms with Crippen LogP contribution in [0.2, 0.25) is 0 Å². The average molecular weight is 276 g/mol. The van der Waals surface area contributed by atoms with E-state index in [0.717, 1.165) is 44.3 Å². The molecule has 2 atom stereocenters. The molecule has 0 aliphatic carbocycles. The summed E-state index contributed by atoms with van der Waals surface area (Å²) < 4.78 is 5.42. The first-order valence-electron chi connectivity index (χ1n) is 5.77. The molecule has 0 aromatic rings. The fraction of sp³-hybridized carbons (Fsp3) is 0.909. The molecule has 0 saturated carbocycles. The topological polar surface area (TPSA) is 29.5 Å². The van der Waals surface area contributed by atoms with Crippen LogP contribution < -0.4 is 0 Å². The molecule has 0 radical (unpaired) electrons. The molecule has 0 spiro atoms. The third-order valence-electron chi connectivity index (χ3n) is 3.32. The van der Waals surface area contributed by atoms with Crippen LogP contribution in [0.3, 0.4) is 0 Å². The highest BCUT2D eigenvalue weighted by molar-refractivity contribution is 9.09. The van der Waals surface area contributed by atoms with Crippen molar-refractivity contribution in [3.05, 3.63) is 0 Å². The first kappa shape index (κ1) is 11.4. The Balaban J connectivity index is 1.81. The SMILES string of the molecule is O=C(C1CCCO1)N1CCC(CCBr)C1. The lowest BCUT2D eigenvalue weighted by Crippen LogP contribution is -2.37. The van der Waals surface area contributed by atoms with Gasteiger partial charge in [-0.3, -0.25) is 4.79 Å². The van der Waals surface area contributed by atoms with Gasteiger partial charge in [0.1, 0.15) is 6.10 Å². The van der Waals surface area contributed by atoms with Gasteiger partial charge in [-0.15, -0.1) is 0 Å². The van der Waals surface area contributed by atoms with Crippen LogP contribution in [-0.2, 0) is 9.53 Å². The van der Waals surface area contributed by atoms with E-state index in [1.165, 1.54) is 6.42 Å². The molecule has 2 unspecified atom stereocenters. The summed E-state index contributed by atoms with van der Waals surface area (Å²) in [5.41, 5.74) is 0. The summed E-state index contributed by atoms with van der Waals surface area (Å²) in [5.74, 6) is 0.916. The standard InChI is InChI=1S/C11H18BrNO2/c12-5-3-9-4-6-13(8-9)11(14)10-2-1-7-15-10/h9-10H,1-8H2. The van der Waals surface area contributed by atoms with Crippen molar-refractivity contribution in [2.24, 2.45) is 5.92 Å². The molecule has 2 aliphatic rings. The zero-order chi connectivity index (χ0) is 10.7. The van der Waals surface area contributed by atoms with Gasteiger partial charge in [0.2, 0.25) is 0 Å². The highest BCUT2D eigenvalue weighted by Crippen LogP contribution is 2.23. The van der Waals surface area contributed by atoms with Gasteiger partial charge >= 0.3 is 0 Å². The predicted molar refractivity (Wildman–Crippen MR) is 62.1 cm³/mol. The summed E-state index contributed by atoms with van der Waals surface area (Å²) >= 11 is 3.45. The van der Waals surface area contributed by atoms with E-state index in [9.17, 15) is 4.79 Å². The van der Waals surface area contributed by atoms with Gasteiger partial charge in [-0.25, -0.2) is 0 Å². The van der Waals surface area contributed by atoms with Crippen LogP contribution >= 0.6 is 15.9 Å². The fourth-order valence-corrected chi connectivity index (χ4v) is 3.05. The minimum Gasteiger partial charge on any atom is -0.368 e. The Kier molecular flexibility index (Phi) is 4.03. The van der Waals surface area contributed by atoms with Gasteiger partial charge in [-0.2, -0.15) is 0 Å². The average Bonchev–Trinajstić information content (AvgIpc) is 2.87. The summed E-state index contributed by atoms with van der Waals surface area (Å²) in [6.07, 6.45) is 4.15. The lowest BCUT2D eigenvalue weighted by molar-refractivity contribution is -0.139. The quantitative estimate of drug-likeness (QED) is 0.736. The van der Waals surface area contributed by atoms with Gasteiger partial charge in [0, 0.05) is 25.0 Å². The summed E-state index contributed by atoms with van der Waals surface area (Å²) in [7, 11) is 0. The van der Waals surface area contributed by atoms with E-state index < -0.39 is 0 Å². The molecule has 15 heavy (non-hydrogen) atoms. The van der Waals surface area contributed by atoms with Crippen LogP contribution in [0, 0.1) is 5.92 Å². The Morgan fingerprint density at radius 3 is 3.00 bits per heavy atom. The lowest BCUT2D eigenvalue weighted by Gasteiger charge is -2.19. The highest BCUT2D eigenvalue weighted by atomic mass is 79.9. The number of hydrogen-bond donors (Lipinski definition) is 0. The van der Waals surface area contributed by atoms with Gasteiger partial charge < -0.3 is 9.64 Å². The predicted octanol–water partition coefficient (Wildman–Crippen LogP) is 1.80. The molecule has 3 nitrogen and oxygen atoms in total. The number of ether oxygens (including phenoxy) is 1. The van der Waals surface area contributed by atoms with Crippen LogP contribution in [0.1, 0.15) is 25.7 Å². The smallest absolute Gasteiger partial charge is 0.251 e. The van der Waals surface area contributed by atoms with Gasteiger partial charge in [0.05, 0.1) is 0 Å². The Hall–Kier alpha value is -0.0900. The van der Waals surface area contributed by atoms with E-state index in [-0.39, 0.29) is 12.0 Å². The van der Waals surface area contributed by atoms with Crippen LogP contribution in [0.4, 0.5) is 0 Å². The normalized spacial score (nSPS) is 31.1. The molecule has 1 amide bonds. The Morgan fingerprint density at radius 1 is 1.47 bits per heavy atom. The van der Waals surface area contributed by atoms with Crippen molar-refractivity contribution in [1.29, 1.82) is 0 Å². The second-order valence-electron chi connectivity index (χ2n) is 4.42. The molecule has 2 heterocycles. The number of halogens is 1. The maximum atomic E-state index is 12.0. The third kappa shape index (κ3) is 2.72. The summed E-state index contributed by atoms with van der Waals surface area (Å²) in [4.78, 5) is 14.0. The van der Waals surface area contributed by atoms with Gasteiger partial charge in [-0.1, -0.05) is 15.9 Å². The van der Waals surface area contributed by atoms with Crippen LogP contribution in [-0.4, -0.2) is 41.9 Å². The van der Waals surface area contributed by atoms with Crippen molar-refractivity contribution in [3.63, 3.8) is 0 Å². The number of alkyl halides is 1. The van der Waals surface area contributed by atoms with Gasteiger partial charge in [-0.05, 0) is 31.6 Å². The molecule has 4 heteroatoms. The van der Waals surface area contributed by atoms with Crippen molar-refractivity contribution in [2.75, 3.05) is 25.0 Å². The maximum Gasteiger partial charge on any atom is 0.251 e. The largest absolute Gasteiger partial charge is 0.368 e. The molecule has 2 rings (SSSR count). The molecule has 2 fully saturated rings. The molecule has 0 bridgehead atoms. The van der Waals surface area contributed by atoms with E-state index in [2.05, 4.69) is 15.9 Å². The van der Waals surface area contributed by atoms with Crippen molar-refractivity contribution in [2.45, 2.75) is 31.8 Å². The number of likely N-dealkylation sites (tertiary alicyclic amines) is 1. The van der Waals surface area contributed by atoms with Crippen molar-refractivity contribution in [1.82, 2.24) is 4.90 Å². The number of nitrogens with zero attached hydrogens (tertiary/aromatic N) is 1. The molecule has 0 aromatic carbocycles. The molecule has 0 N–H and O–H groups in total. The Morgan fingerprint density at radius 2 is 2.33 bits per heavy atom. The van der Waals surface area contributed by atoms with Gasteiger partial charge in [0.25, 0.3) is 5.91 Å². The minimum atomic E-state index is -0.132. The first-order chi connectivity index (χ1) is 7.31. The Labute approximate surface area is 99.3 Å². The second-order valence-corrected chi connectivity index (χ2v) is 5.21. The van der Waals surface area contributed by atoms with Crippen LogP contribution in [0.5, 0.6) is 0 Å². The minimum absolute atomic E-state index is 0.132. The number of amides is 1. The van der Waals surface area contributed by atoms with Crippen LogP contribution in [0.25, 0.3) is 0 Å². The second kappa shape index (κ2) is 5.30. The van der Waals surface area contributed by atoms with E-state index in [1.54, 1.807) is 0 Å². The van der Waals surface area contributed by atoms with Crippen molar-refractivity contribution in [3.8, 4) is 0 Å². The zero-order valence-corrected chi connectivity index (χ0v) is 10.5. The molecular weight excluding hydrogens is 258 g/mol. The lowest BCUT2D eigenvalue weighted by atomic mass is 10.1. The Bertz CT molecular complexity index is 229. The first-order valence-corrected chi connectivity index (χ1v) is 6.89. The van der Waals surface area contributed by atoms with E-state index in [4.69, 9.17) is 4.74 Å².